The molecule has 0 aliphatic heterocycles. The third-order valence-electron chi connectivity index (χ3n) is 7.69. The van der Waals surface area contributed by atoms with Crippen molar-refractivity contribution < 1.29 is 19.4 Å². The van der Waals surface area contributed by atoms with Crippen molar-refractivity contribution in [3.8, 4) is 5.75 Å². The molecule has 45 heavy (non-hydrogen) atoms. The number of rotatable bonds is 15. The molecule has 0 saturated heterocycles. The van der Waals surface area contributed by atoms with E-state index in [0.717, 1.165) is 40.8 Å². The van der Waals surface area contributed by atoms with Crippen LogP contribution in [0.4, 0.5) is 5.82 Å². The number of ether oxygens (including phenoxy) is 1. The summed E-state index contributed by atoms with van der Waals surface area (Å²) in [6.07, 6.45) is 2.68. The first-order chi connectivity index (χ1) is 21.7. The number of nitrogen functional groups attached to an aromatic ring is 1. The smallest absolute Gasteiger partial charge is 0.251 e. The lowest BCUT2D eigenvalue weighted by Crippen LogP contribution is -2.32. The quantitative estimate of drug-likeness (QED) is 0.132. The maximum absolute atomic E-state index is 12.9. The highest BCUT2D eigenvalue weighted by molar-refractivity contribution is 5.94. The van der Waals surface area contributed by atoms with Gasteiger partial charge in [-0.3, -0.25) is 9.59 Å². The van der Waals surface area contributed by atoms with Gasteiger partial charge < -0.3 is 31.5 Å². The number of carbonyl (C=O) groups is 2. The molecular formula is C36H43N5O4. The number of nitrogens with two attached hydrogens (primary N) is 1. The number of methoxy groups -OCH3 is 1. The minimum Gasteiger partial charge on any atom is -0.497 e. The molecule has 4 aromatic rings. The molecular weight excluding hydrogens is 566 g/mol. The third-order valence-corrected chi connectivity index (χ3v) is 7.69. The summed E-state index contributed by atoms with van der Waals surface area (Å²) in [4.78, 5) is 29.6. The van der Waals surface area contributed by atoms with E-state index in [0.29, 0.717) is 30.0 Å². The fraction of sp³-hybridized carbons (Fsp3) is 0.306. The summed E-state index contributed by atoms with van der Waals surface area (Å²) in [6, 6.07) is 26.4. The number of aliphatic hydroxyl groups is 1. The number of aliphatic hydroxyl groups excluding tert-OH is 1. The van der Waals surface area contributed by atoms with Crippen molar-refractivity contribution in [2.45, 2.75) is 57.8 Å². The monoisotopic (exact) mass is 609 g/mol. The van der Waals surface area contributed by atoms with Gasteiger partial charge >= 0.3 is 0 Å². The van der Waals surface area contributed by atoms with Gasteiger partial charge in [-0.15, -0.1) is 0 Å². The van der Waals surface area contributed by atoms with E-state index in [1.165, 1.54) is 0 Å². The van der Waals surface area contributed by atoms with Crippen molar-refractivity contribution in [1.82, 2.24) is 20.9 Å². The SMILES string of the molecule is CCC(NC(=O)c1ccc(CNC(=O)Cc2cccc(CC(C)NCC(O)c3ccc(N)nc3)c2)cc1)c1ccc(OC)cc1. The standard InChI is InChI=1S/C36H43N5O4/c1-4-32(28-12-15-31(45-3)16-13-28)41-36(44)29-10-8-25(9-11-29)21-40-35(43)20-27-7-5-6-26(19-27)18-24(2)38-23-33(42)30-14-17-34(37)39-22-30/h5-17,19,22,24,32-33,38,42H,4,18,20-21,23H2,1-3H3,(H2,37,39)(H,40,43)(H,41,44). The molecule has 0 radical (unpaired) electrons. The van der Waals surface area contributed by atoms with Gasteiger partial charge in [-0.2, -0.15) is 0 Å². The van der Waals surface area contributed by atoms with Gasteiger partial charge in [0.2, 0.25) is 5.91 Å². The van der Waals surface area contributed by atoms with Crippen LogP contribution in [-0.2, 0) is 24.2 Å². The second-order valence-electron chi connectivity index (χ2n) is 11.2. The molecule has 4 rings (SSSR count). The highest BCUT2D eigenvalue weighted by Crippen LogP contribution is 2.21. The fourth-order valence-electron chi connectivity index (χ4n) is 5.06. The number of amides is 2. The first-order valence-corrected chi connectivity index (χ1v) is 15.2. The molecule has 0 fully saturated rings. The second kappa shape index (κ2) is 16.4. The maximum atomic E-state index is 12.9. The number of nitrogens with one attached hydrogen (secondary N) is 3. The zero-order valence-corrected chi connectivity index (χ0v) is 26.1. The molecule has 3 unspecified atom stereocenters. The normalized spacial score (nSPS) is 13.0. The van der Waals surface area contributed by atoms with Crippen LogP contribution < -0.4 is 26.4 Å². The molecule has 0 saturated carbocycles. The highest BCUT2D eigenvalue weighted by Gasteiger charge is 2.15. The maximum Gasteiger partial charge on any atom is 0.251 e. The van der Waals surface area contributed by atoms with Crippen LogP contribution in [0.5, 0.6) is 5.75 Å². The Labute approximate surface area is 265 Å². The number of carbonyl (C=O) groups excluding carboxylic acids is 2. The molecule has 3 atom stereocenters. The minimum atomic E-state index is -0.678. The van der Waals surface area contributed by atoms with Crippen molar-refractivity contribution in [3.63, 3.8) is 0 Å². The van der Waals surface area contributed by atoms with E-state index in [1.54, 1.807) is 37.6 Å². The van der Waals surface area contributed by atoms with Gasteiger partial charge in [0.15, 0.2) is 0 Å². The summed E-state index contributed by atoms with van der Waals surface area (Å²) in [7, 11) is 1.63. The largest absolute Gasteiger partial charge is 0.497 e. The number of aromatic nitrogens is 1. The number of hydrogen-bond acceptors (Lipinski definition) is 7. The van der Waals surface area contributed by atoms with E-state index in [-0.39, 0.29) is 30.3 Å². The highest BCUT2D eigenvalue weighted by atomic mass is 16.5. The van der Waals surface area contributed by atoms with Crippen LogP contribution in [0.25, 0.3) is 0 Å². The summed E-state index contributed by atoms with van der Waals surface area (Å²) >= 11 is 0. The van der Waals surface area contributed by atoms with Crippen LogP contribution in [0.1, 0.15) is 70.6 Å². The van der Waals surface area contributed by atoms with Gasteiger partial charge in [0.05, 0.1) is 25.7 Å². The lowest BCUT2D eigenvalue weighted by atomic mass is 10.0. The van der Waals surface area contributed by atoms with Gasteiger partial charge in [-0.25, -0.2) is 4.98 Å². The molecule has 6 N–H and O–H groups in total. The lowest BCUT2D eigenvalue weighted by Gasteiger charge is -2.18. The van der Waals surface area contributed by atoms with Gasteiger partial charge in [0.1, 0.15) is 11.6 Å². The topological polar surface area (TPSA) is 139 Å². The van der Waals surface area contributed by atoms with Crippen LogP contribution in [0, 0.1) is 0 Å². The van der Waals surface area contributed by atoms with Crippen molar-refractivity contribution in [2.75, 3.05) is 19.4 Å². The van der Waals surface area contributed by atoms with Gasteiger partial charge in [0.25, 0.3) is 5.91 Å². The first-order valence-electron chi connectivity index (χ1n) is 15.2. The summed E-state index contributed by atoms with van der Waals surface area (Å²) in [5.41, 5.74) is 10.9. The molecule has 0 aliphatic rings. The van der Waals surface area contributed by atoms with Crippen LogP contribution in [-0.4, -0.2) is 41.6 Å². The molecule has 0 spiro atoms. The van der Waals surface area contributed by atoms with Crippen LogP contribution >= 0.6 is 0 Å². The Morgan fingerprint density at radius 2 is 1.64 bits per heavy atom. The molecule has 9 nitrogen and oxygen atoms in total. The van der Waals surface area contributed by atoms with Crippen molar-refractivity contribution >= 4 is 17.6 Å². The van der Waals surface area contributed by atoms with Crippen LogP contribution in [0.2, 0.25) is 0 Å². The Morgan fingerprint density at radius 1 is 0.933 bits per heavy atom. The minimum absolute atomic E-state index is 0.0781. The molecule has 3 aromatic carbocycles. The van der Waals surface area contributed by atoms with Gasteiger partial charge in [-0.1, -0.05) is 61.5 Å². The number of hydrogen-bond donors (Lipinski definition) is 5. The zero-order valence-electron chi connectivity index (χ0n) is 26.1. The molecule has 1 aromatic heterocycles. The van der Waals surface area contributed by atoms with Crippen molar-refractivity contribution in [2.24, 2.45) is 0 Å². The van der Waals surface area contributed by atoms with Crippen LogP contribution in [0.15, 0.2) is 91.1 Å². The van der Waals surface area contributed by atoms with Crippen molar-refractivity contribution in [3.05, 3.63) is 125 Å². The van der Waals surface area contributed by atoms with E-state index in [9.17, 15) is 14.7 Å². The molecule has 236 valence electrons. The Morgan fingerprint density at radius 3 is 2.31 bits per heavy atom. The summed E-state index contributed by atoms with van der Waals surface area (Å²) in [6.45, 7) is 4.86. The Balaban J connectivity index is 1.21. The molecule has 0 bridgehead atoms. The summed E-state index contributed by atoms with van der Waals surface area (Å²) in [5.74, 6) is 0.971. The fourth-order valence-corrected chi connectivity index (χ4v) is 5.06. The van der Waals surface area contributed by atoms with E-state index in [1.807, 2.05) is 67.6 Å². The summed E-state index contributed by atoms with van der Waals surface area (Å²) < 4.78 is 5.23. The number of benzene rings is 3. The third kappa shape index (κ3) is 10.2. The van der Waals surface area contributed by atoms with E-state index in [2.05, 4.69) is 27.9 Å². The average molecular weight is 610 g/mol. The first kappa shape index (κ1) is 33.2. The second-order valence-corrected chi connectivity index (χ2v) is 11.2. The summed E-state index contributed by atoms with van der Waals surface area (Å²) in [5, 5.41) is 19.9. The lowest BCUT2D eigenvalue weighted by molar-refractivity contribution is -0.120. The van der Waals surface area contributed by atoms with E-state index >= 15 is 0 Å². The predicted octanol–water partition coefficient (Wildman–Crippen LogP) is 4.67. The Bertz CT molecular complexity index is 1520. The van der Waals surface area contributed by atoms with Gasteiger partial charge in [-0.05, 0) is 72.4 Å². The predicted molar refractivity (Wildman–Crippen MR) is 177 cm³/mol. The molecule has 9 heteroatoms. The molecule has 1 heterocycles. The Hall–Kier alpha value is -4.73. The molecule has 2 amide bonds. The number of anilines is 1. The van der Waals surface area contributed by atoms with Crippen molar-refractivity contribution in [1.29, 1.82) is 0 Å². The number of nitrogens with zero attached hydrogens (tertiary/aromatic N) is 1. The van der Waals surface area contributed by atoms with Gasteiger partial charge in [0, 0.05) is 36.5 Å². The van der Waals surface area contributed by atoms with E-state index in [4.69, 9.17) is 10.5 Å². The number of pyridine rings is 1. The zero-order chi connectivity index (χ0) is 32.2. The van der Waals surface area contributed by atoms with Crippen LogP contribution in [0.3, 0.4) is 0 Å². The average Bonchev–Trinajstić information content (AvgIpc) is 3.06. The molecule has 0 aliphatic carbocycles. The Kier molecular flexibility index (Phi) is 12.1. The van der Waals surface area contributed by atoms with E-state index < -0.39 is 6.10 Å².